The highest BCUT2D eigenvalue weighted by molar-refractivity contribution is 6.06. The van der Waals surface area contributed by atoms with E-state index in [1.54, 1.807) is 32.4 Å². The van der Waals surface area contributed by atoms with Gasteiger partial charge in [0.2, 0.25) is 0 Å². The first kappa shape index (κ1) is 14.0. The van der Waals surface area contributed by atoms with Crippen LogP contribution in [-0.2, 0) is 0 Å². The minimum atomic E-state index is -0.961. The van der Waals surface area contributed by atoms with E-state index in [0.29, 0.717) is 23.7 Å². The van der Waals surface area contributed by atoms with Gasteiger partial charge < -0.3 is 19.9 Å². The van der Waals surface area contributed by atoms with Gasteiger partial charge in [-0.2, -0.15) is 0 Å². The van der Waals surface area contributed by atoms with Gasteiger partial charge in [0.15, 0.2) is 11.5 Å². The molecule has 0 saturated heterocycles. The Bertz CT molecular complexity index is 652. The fourth-order valence-corrected chi connectivity index (χ4v) is 2.20. The number of methoxy groups -OCH3 is 2. The van der Waals surface area contributed by atoms with Crippen molar-refractivity contribution in [2.24, 2.45) is 0 Å². The second kappa shape index (κ2) is 5.69. The number of carbonyl (C=O) groups is 1. The molecular formula is C15H17NO4. The van der Waals surface area contributed by atoms with Gasteiger partial charge in [0.25, 0.3) is 0 Å². The van der Waals surface area contributed by atoms with Crippen LogP contribution >= 0.6 is 0 Å². The highest BCUT2D eigenvalue weighted by atomic mass is 16.5. The number of carboxylic acid groups (broad SMARTS) is 1. The number of hydrogen-bond donors (Lipinski definition) is 2. The number of aromatic carboxylic acids is 1. The normalized spacial score (nSPS) is 10.3. The summed E-state index contributed by atoms with van der Waals surface area (Å²) < 4.78 is 10.5. The SMILES string of the molecule is CCNc1c(C(=O)O)ccc2cc(OC)c(OC)cc12. The van der Waals surface area contributed by atoms with Crippen molar-refractivity contribution in [1.29, 1.82) is 0 Å². The van der Waals surface area contributed by atoms with E-state index < -0.39 is 5.97 Å². The van der Waals surface area contributed by atoms with Crippen molar-refractivity contribution in [3.05, 3.63) is 29.8 Å². The highest BCUT2D eigenvalue weighted by Gasteiger charge is 2.15. The lowest BCUT2D eigenvalue weighted by Gasteiger charge is -2.14. The smallest absolute Gasteiger partial charge is 0.337 e. The molecule has 2 N–H and O–H groups in total. The van der Waals surface area contributed by atoms with Gasteiger partial charge in [-0.25, -0.2) is 4.79 Å². The minimum absolute atomic E-state index is 0.242. The number of carboxylic acids is 1. The fraction of sp³-hybridized carbons (Fsp3) is 0.267. The predicted octanol–water partition coefficient (Wildman–Crippen LogP) is 2.99. The van der Waals surface area contributed by atoms with E-state index in [1.807, 2.05) is 13.0 Å². The Morgan fingerprint density at radius 1 is 1.20 bits per heavy atom. The molecule has 0 bridgehead atoms. The zero-order valence-corrected chi connectivity index (χ0v) is 11.7. The number of anilines is 1. The first-order chi connectivity index (χ1) is 9.62. The molecule has 20 heavy (non-hydrogen) atoms. The largest absolute Gasteiger partial charge is 0.493 e. The molecule has 2 aromatic carbocycles. The van der Waals surface area contributed by atoms with E-state index >= 15 is 0 Å². The summed E-state index contributed by atoms with van der Waals surface area (Å²) in [4.78, 5) is 11.3. The van der Waals surface area contributed by atoms with Gasteiger partial charge in [-0.1, -0.05) is 6.07 Å². The lowest BCUT2D eigenvalue weighted by molar-refractivity contribution is 0.0698. The maximum Gasteiger partial charge on any atom is 0.337 e. The molecule has 0 saturated carbocycles. The van der Waals surface area contributed by atoms with E-state index in [2.05, 4.69) is 5.32 Å². The van der Waals surface area contributed by atoms with Crippen LogP contribution in [0.3, 0.4) is 0 Å². The monoisotopic (exact) mass is 275 g/mol. The molecule has 0 amide bonds. The molecule has 0 aromatic heterocycles. The van der Waals surface area contributed by atoms with Gasteiger partial charge in [0.1, 0.15) is 0 Å². The maximum atomic E-state index is 11.3. The average molecular weight is 275 g/mol. The van der Waals surface area contributed by atoms with E-state index in [9.17, 15) is 9.90 Å². The maximum absolute atomic E-state index is 11.3. The quantitative estimate of drug-likeness (QED) is 0.878. The molecule has 0 unspecified atom stereocenters. The molecule has 0 radical (unpaired) electrons. The molecule has 106 valence electrons. The van der Waals surface area contributed by atoms with Crippen molar-refractivity contribution in [2.75, 3.05) is 26.1 Å². The molecule has 0 heterocycles. The third kappa shape index (κ3) is 2.34. The molecule has 0 atom stereocenters. The molecular weight excluding hydrogens is 258 g/mol. The third-order valence-corrected chi connectivity index (χ3v) is 3.11. The second-order valence-corrected chi connectivity index (χ2v) is 4.25. The number of fused-ring (bicyclic) bond motifs is 1. The number of nitrogens with one attached hydrogen (secondary N) is 1. The van der Waals surface area contributed by atoms with Crippen LogP contribution in [0.5, 0.6) is 11.5 Å². The first-order valence-electron chi connectivity index (χ1n) is 6.28. The van der Waals surface area contributed by atoms with E-state index in [4.69, 9.17) is 9.47 Å². The Balaban J connectivity index is 2.78. The Kier molecular flexibility index (Phi) is 3.98. The molecule has 0 aliphatic rings. The third-order valence-electron chi connectivity index (χ3n) is 3.11. The fourth-order valence-electron chi connectivity index (χ4n) is 2.20. The summed E-state index contributed by atoms with van der Waals surface area (Å²) in [7, 11) is 3.12. The van der Waals surface area contributed by atoms with Crippen LogP contribution in [0.15, 0.2) is 24.3 Å². The molecule has 5 nitrogen and oxygen atoms in total. The second-order valence-electron chi connectivity index (χ2n) is 4.25. The lowest BCUT2D eigenvalue weighted by Crippen LogP contribution is -2.06. The summed E-state index contributed by atoms with van der Waals surface area (Å²) in [5.41, 5.74) is 0.838. The number of hydrogen-bond acceptors (Lipinski definition) is 4. The molecule has 0 aliphatic carbocycles. The topological polar surface area (TPSA) is 67.8 Å². The predicted molar refractivity (Wildman–Crippen MR) is 78.2 cm³/mol. The van der Waals surface area contributed by atoms with Crippen molar-refractivity contribution in [1.82, 2.24) is 0 Å². The minimum Gasteiger partial charge on any atom is -0.493 e. The molecule has 2 aromatic rings. The lowest BCUT2D eigenvalue weighted by atomic mass is 10.0. The van der Waals surface area contributed by atoms with Crippen LogP contribution < -0.4 is 14.8 Å². The summed E-state index contributed by atoms with van der Waals surface area (Å²) in [6, 6.07) is 6.98. The standard InChI is InChI=1S/C15H17NO4/c1-4-16-14-10(15(17)18)6-5-9-7-12(19-2)13(20-3)8-11(9)14/h5-8,16H,4H2,1-3H3,(H,17,18). The number of benzene rings is 2. The van der Waals surface area contributed by atoms with E-state index in [1.165, 1.54) is 0 Å². The van der Waals surface area contributed by atoms with Crippen molar-refractivity contribution < 1.29 is 19.4 Å². The van der Waals surface area contributed by atoms with Gasteiger partial charge >= 0.3 is 5.97 Å². The average Bonchev–Trinajstić information content (AvgIpc) is 2.45. The van der Waals surface area contributed by atoms with Crippen molar-refractivity contribution >= 4 is 22.4 Å². The molecule has 5 heteroatoms. The van der Waals surface area contributed by atoms with Gasteiger partial charge in [-0.05, 0) is 30.5 Å². The van der Waals surface area contributed by atoms with Crippen LogP contribution in [0.25, 0.3) is 10.8 Å². The van der Waals surface area contributed by atoms with Gasteiger partial charge in [0, 0.05) is 11.9 Å². The first-order valence-corrected chi connectivity index (χ1v) is 6.28. The Morgan fingerprint density at radius 2 is 1.85 bits per heavy atom. The summed E-state index contributed by atoms with van der Waals surface area (Å²) in [6.45, 7) is 2.55. The number of rotatable bonds is 5. The van der Waals surface area contributed by atoms with E-state index in [0.717, 1.165) is 10.8 Å². The highest BCUT2D eigenvalue weighted by Crippen LogP contribution is 2.36. The van der Waals surface area contributed by atoms with Crippen molar-refractivity contribution in [3.63, 3.8) is 0 Å². The molecule has 0 spiro atoms. The molecule has 0 aliphatic heterocycles. The van der Waals surface area contributed by atoms with Crippen LogP contribution in [0.1, 0.15) is 17.3 Å². The summed E-state index contributed by atoms with van der Waals surface area (Å²) in [5, 5.41) is 14.1. The van der Waals surface area contributed by atoms with Crippen LogP contribution in [-0.4, -0.2) is 31.8 Å². The summed E-state index contributed by atoms with van der Waals surface area (Å²) in [5.74, 6) is 0.227. The molecule has 2 rings (SSSR count). The number of ether oxygens (including phenoxy) is 2. The zero-order valence-electron chi connectivity index (χ0n) is 11.7. The van der Waals surface area contributed by atoms with Gasteiger partial charge in [-0.15, -0.1) is 0 Å². The summed E-state index contributed by atoms with van der Waals surface area (Å²) in [6.07, 6.45) is 0. The Hall–Kier alpha value is -2.43. The van der Waals surface area contributed by atoms with E-state index in [-0.39, 0.29) is 5.56 Å². The van der Waals surface area contributed by atoms with Gasteiger partial charge in [0.05, 0.1) is 25.5 Å². The van der Waals surface area contributed by atoms with Crippen molar-refractivity contribution in [3.8, 4) is 11.5 Å². The summed E-state index contributed by atoms with van der Waals surface area (Å²) >= 11 is 0. The van der Waals surface area contributed by atoms with Crippen molar-refractivity contribution in [2.45, 2.75) is 6.92 Å². The zero-order chi connectivity index (χ0) is 14.7. The van der Waals surface area contributed by atoms with Crippen LogP contribution in [0.4, 0.5) is 5.69 Å². The van der Waals surface area contributed by atoms with Gasteiger partial charge in [-0.3, -0.25) is 0 Å². The van der Waals surface area contributed by atoms with Crippen LogP contribution in [0, 0.1) is 0 Å². The Morgan fingerprint density at radius 3 is 2.40 bits per heavy atom. The molecule has 0 fully saturated rings. The van der Waals surface area contributed by atoms with Crippen LogP contribution in [0.2, 0.25) is 0 Å². The Labute approximate surface area is 117 Å².